The lowest BCUT2D eigenvalue weighted by Gasteiger charge is -2.08. The standard InChI is InChI=1S/C19H20FN3O2/c1-25-17-5-3-14(4-6-17)19-16(11-22-23-19)10-21-9-13-2-7-18(20)15(8-13)12-24/h2-8,11,21,24H,9-10,12H2,1H3,(H,22,23). The largest absolute Gasteiger partial charge is 0.497 e. The van der Waals surface area contributed by atoms with Crippen molar-refractivity contribution in [2.45, 2.75) is 19.7 Å². The summed E-state index contributed by atoms with van der Waals surface area (Å²) in [6, 6.07) is 12.5. The van der Waals surface area contributed by atoms with Crippen LogP contribution >= 0.6 is 0 Å². The molecule has 0 bridgehead atoms. The Bertz CT molecular complexity index is 831. The van der Waals surface area contributed by atoms with Crippen molar-refractivity contribution >= 4 is 0 Å². The molecule has 3 rings (SSSR count). The van der Waals surface area contributed by atoms with Crippen LogP contribution in [0.1, 0.15) is 16.7 Å². The molecule has 130 valence electrons. The molecule has 1 aromatic heterocycles. The normalized spacial score (nSPS) is 10.8. The highest BCUT2D eigenvalue weighted by molar-refractivity contribution is 5.63. The molecule has 0 saturated carbocycles. The Kier molecular flexibility index (Phi) is 5.42. The smallest absolute Gasteiger partial charge is 0.128 e. The quantitative estimate of drug-likeness (QED) is 0.618. The van der Waals surface area contributed by atoms with Crippen molar-refractivity contribution < 1.29 is 14.2 Å². The van der Waals surface area contributed by atoms with E-state index in [1.54, 1.807) is 25.4 Å². The Morgan fingerprint density at radius 3 is 2.64 bits per heavy atom. The molecule has 3 N–H and O–H groups in total. The highest BCUT2D eigenvalue weighted by atomic mass is 19.1. The fourth-order valence-corrected chi connectivity index (χ4v) is 2.65. The van der Waals surface area contributed by atoms with Crippen molar-refractivity contribution in [1.82, 2.24) is 15.5 Å². The highest BCUT2D eigenvalue weighted by Crippen LogP contribution is 2.23. The van der Waals surface area contributed by atoms with Gasteiger partial charge in [-0.25, -0.2) is 4.39 Å². The average molecular weight is 341 g/mol. The van der Waals surface area contributed by atoms with Gasteiger partial charge >= 0.3 is 0 Å². The van der Waals surface area contributed by atoms with E-state index in [0.29, 0.717) is 18.7 Å². The summed E-state index contributed by atoms with van der Waals surface area (Å²) in [6.45, 7) is 0.882. The van der Waals surface area contributed by atoms with Crippen LogP contribution in [-0.4, -0.2) is 22.4 Å². The predicted octanol–water partition coefficient (Wildman–Crippen LogP) is 3.01. The summed E-state index contributed by atoms with van der Waals surface area (Å²) in [5.41, 5.74) is 4.24. The highest BCUT2D eigenvalue weighted by Gasteiger charge is 2.08. The second-order valence-electron chi connectivity index (χ2n) is 5.69. The van der Waals surface area contributed by atoms with Crippen LogP contribution in [0.3, 0.4) is 0 Å². The second kappa shape index (κ2) is 7.92. The summed E-state index contributed by atoms with van der Waals surface area (Å²) < 4.78 is 18.6. The van der Waals surface area contributed by atoms with Crippen LogP contribution in [0.15, 0.2) is 48.7 Å². The van der Waals surface area contributed by atoms with Crippen LogP contribution in [-0.2, 0) is 19.7 Å². The Morgan fingerprint density at radius 2 is 1.92 bits per heavy atom. The van der Waals surface area contributed by atoms with Gasteiger partial charge in [-0.15, -0.1) is 0 Å². The van der Waals surface area contributed by atoms with Crippen molar-refractivity contribution in [3.8, 4) is 17.0 Å². The van der Waals surface area contributed by atoms with E-state index in [2.05, 4.69) is 15.5 Å². The molecule has 0 atom stereocenters. The summed E-state index contributed by atoms with van der Waals surface area (Å²) in [6.07, 6.45) is 1.79. The monoisotopic (exact) mass is 341 g/mol. The van der Waals surface area contributed by atoms with Crippen LogP contribution in [0.25, 0.3) is 11.3 Å². The number of aliphatic hydroxyl groups is 1. The fraction of sp³-hybridized carbons (Fsp3) is 0.211. The molecule has 0 amide bonds. The maximum Gasteiger partial charge on any atom is 0.128 e. The van der Waals surface area contributed by atoms with Gasteiger partial charge in [0.05, 0.1) is 25.6 Å². The lowest BCUT2D eigenvalue weighted by molar-refractivity contribution is 0.275. The maximum absolute atomic E-state index is 13.4. The number of nitrogens with one attached hydrogen (secondary N) is 2. The molecule has 6 heteroatoms. The SMILES string of the molecule is COc1ccc(-c2[nH]ncc2CNCc2ccc(F)c(CO)c2)cc1. The molecule has 0 radical (unpaired) electrons. The molecule has 0 aliphatic carbocycles. The average Bonchev–Trinajstić information content (AvgIpc) is 3.11. The van der Waals surface area contributed by atoms with E-state index in [9.17, 15) is 4.39 Å². The molecule has 0 spiro atoms. The molecule has 0 unspecified atom stereocenters. The molecule has 1 heterocycles. The molecule has 2 aromatic carbocycles. The Labute approximate surface area is 145 Å². The van der Waals surface area contributed by atoms with E-state index in [0.717, 1.165) is 28.1 Å². The minimum absolute atomic E-state index is 0.303. The molecule has 25 heavy (non-hydrogen) atoms. The van der Waals surface area contributed by atoms with Crippen LogP contribution in [0.2, 0.25) is 0 Å². The zero-order chi connectivity index (χ0) is 17.6. The van der Waals surface area contributed by atoms with Crippen LogP contribution in [0, 0.1) is 5.82 Å². The number of ether oxygens (including phenoxy) is 1. The molecule has 0 saturated heterocycles. The first-order valence-corrected chi connectivity index (χ1v) is 7.97. The van der Waals surface area contributed by atoms with Crippen LogP contribution in [0.4, 0.5) is 4.39 Å². The zero-order valence-electron chi connectivity index (χ0n) is 13.9. The minimum atomic E-state index is -0.386. The van der Waals surface area contributed by atoms with E-state index >= 15 is 0 Å². The number of rotatable bonds is 7. The number of hydrogen-bond donors (Lipinski definition) is 3. The van der Waals surface area contributed by atoms with Gasteiger partial charge in [0.15, 0.2) is 0 Å². The number of aromatic amines is 1. The Hall–Kier alpha value is -2.70. The lowest BCUT2D eigenvalue weighted by Crippen LogP contribution is -2.13. The van der Waals surface area contributed by atoms with E-state index in [1.807, 2.05) is 24.3 Å². The van der Waals surface area contributed by atoms with Crippen molar-refractivity contribution in [1.29, 1.82) is 0 Å². The Morgan fingerprint density at radius 1 is 1.12 bits per heavy atom. The number of hydrogen-bond acceptors (Lipinski definition) is 4. The van der Waals surface area contributed by atoms with E-state index < -0.39 is 0 Å². The third kappa shape index (κ3) is 4.04. The first kappa shape index (κ1) is 17.1. The van der Waals surface area contributed by atoms with E-state index in [1.165, 1.54) is 6.07 Å². The molecule has 0 fully saturated rings. The zero-order valence-corrected chi connectivity index (χ0v) is 13.9. The first-order chi connectivity index (χ1) is 12.2. The van der Waals surface area contributed by atoms with Gasteiger partial charge in [0, 0.05) is 29.8 Å². The minimum Gasteiger partial charge on any atom is -0.497 e. The van der Waals surface area contributed by atoms with Crippen molar-refractivity contribution in [2.75, 3.05) is 7.11 Å². The molecule has 0 aliphatic heterocycles. The second-order valence-corrected chi connectivity index (χ2v) is 5.69. The van der Waals surface area contributed by atoms with Gasteiger partial charge in [0.2, 0.25) is 0 Å². The number of halogens is 1. The van der Waals surface area contributed by atoms with E-state index in [-0.39, 0.29) is 12.4 Å². The summed E-state index contributed by atoms with van der Waals surface area (Å²) >= 11 is 0. The predicted molar refractivity (Wildman–Crippen MR) is 93.4 cm³/mol. The van der Waals surface area contributed by atoms with Gasteiger partial charge in [0.1, 0.15) is 11.6 Å². The summed E-state index contributed by atoms with van der Waals surface area (Å²) in [7, 11) is 1.64. The van der Waals surface area contributed by atoms with Gasteiger partial charge in [0.25, 0.3) is 0 Å². The van der Waals surface area contributed by atoms with Crippen molar-refractivity contribution in [3.63, 3.8) is 0 Å². The molecule has 5 nitrogen and oxygen atoms in total. The number of nitrogens with zero attached hydrogens (tertiary/aromatic N) is 1. The van der Waals surface area contributed by atoms with E-state index in [4.69, 9.17) is 9.84 Å². The van der Waals surface area contributed by atoms with Crippen LogP contribution < -0.4 is 10.1 Å². The number of aliphatic hydroxyl groups excluding tert-OH is 1. The first-order valence-electron chi connectivity index (χ1n) is 7.97. The topological polar surface area (TPSA) is 70.2 Å². The van der Waals surface area contributed by atoms with Gasteiger partial charge in [-0.3, -0.25) is 5.10 Å². The van der Waals surface area contributed by atoms with Crippen LogP contribution in [0.5, 0.6) is 5.75 Å². The Balaban J connectivity index is 1.65. The molecular weight excluding hydrogens is 321 g/mol. The molecular formula is C19H20FN3O2. The summed E-state index contributed by atoms with van der Waals surface area (Å²) in [4.78, 5) is 0. The van der Waals surface area contributed by atoms with Crippen molar-refractivity contribution in [3.05, 3.63) is 71.2 Å². The number of H-pyrrole nitrogens is 1. The number of benzene rings is 2. The van der Waals surface area contributed by atoms with Gasteiger partial charge in [-0.2, -0.15) is 5.10 Å². The van der Waals surface area contributed by atoms with Gasteiger partial charge < -0.3 is 15.2 Å². The summed E-state index contributed by atoms with van der Waals surface area (Å²) in [5, 5.41) is 19.6. The fourth-order valence-electron chi connectivity index (χ4n) is 2.65. The number of methoxy groups -OCH3 is 1. The summed E-state index contributed by atoms with van der Waals surface area (Å²) in [5.74, 6) is 0.418. The van der Waals surface area contributed by atoms with Gasteiger partial charge in [-0.05, 0) is 42.0 Å². The number of aromatic nitrogens is 2. The molecule has 0 aliphatic rings. The lowest BCUT2D eigenvalue weighted by atomic mass is 10.1. The van der Waals surface area contributed by atoms with Crippen molar-refractivity contribution in [2.24, 2.45) is 0 Å². The van der Waals surface area contributed by atoms with Gasteiger partial charge in [-0.1, -0.05) is 6.07 Å². The third-order valence-electron chi connectivity index (χ3n) is 4.02. The maximum atomic E-state index is 13.4. The molecule has 3 aromatic rings. The third-order valence-corrected chi connectivity index (χ3v) is 4.02.